The van der Waals surface area contributed by atoms with E-state index in [1.165, 1.54) is 24.0 Å². The average molecular weight is 398 g/mol. The highest BCUT2D eigenvalue weighted by atomic mass is 32.1. The van der Waals surface area contributed by atoms with Crippen LogP contribution in [0.2, 0.25) is 0 Å². The van der Waals surface area contributed by atoms with Crippen LogP contribution in [-0.2, 0) is 6.42 Å². The zero-order chi connectivity index (χ0) is 20.3. The second-order valence-corrected chi connectivity index (χ2v) is 7.22. The Balaban J connectivity index is 1.92. The minimum Gasteiger partial charge on any atom is -0.493 e. The van der Waals surface area contributed by atoms with Gasteiger partial charge in [-0.3, -0.25) is 4.79 Å². The van der Waals surface area contributed by atoms with Crippen molar-refractivity contribution in [3.8, 4) is 11.5 Å². The van der Waals surface area contributed by atoms with Crippen LogP contribution >= 0.6 is 11.3 Å². The lowest BCUT2D eigenvalue weighted by atomic mass is 10.1. The van der Waals surface area contributed by atoms with Crippen LogP contribution in [0.5, 0.6) is 11.5 Å². The summed E-state index contributed by atoms with van der Waals surface area (Å²) in [6, 6.07) is 11.2. The topological polar surface area (TPSA) is 86.5 Å². The molecule has 0 radical (unpaired) electrons. The molecule has 1 aromatic heterocycles. The van der Waals surface area contributed by atoms with Crippen LogP contribution in [0, 0.1) is 6.92 Å². The molecule has 0 amide bonds. The minimum absolute atomic E-state index is 0.204. The van der Waals surface area contributed by atoms with Gasteiger partial charge in [-0.1, -0.05) is 36.5 Å². The monoisotopic (exact) mass is 397 g/mol. The summed E-state index contributed by atoms with van der Waals surface area (Å²) in [4.78, 5) is 17.7. The quantitative estimate of drug-likeness (QED) is 0.567. The van der Waals surface area contributed by atoms with Crippen molar-refractivity contribution in [3.05, 3.63) is 58.0 Å². The fourth-order valence-electron chi connectivity index (χ4n) is 2.97. The number of aromatic nitrogens is 1. The van der Waals surface area contributed by atoms with Gasteiger partial charge >= 0.3 is 0 Å². The molecule has 0 saturated carbocycles. The van der Waals surface area contributed by atoms with E-state index in [4.69, 9.17) is 15.2 Å². The molecule has 0 fully saturated rings. The fraction of sp³-hybridized carbons (Fsp3) is 0.238. The number of nitrogens with two attached hydrogens (primary N) is 1. The van der Waals surface area contributed by atoms with E-state index >= 15 is 0 Å². The molecule has 0 unspecified atom stereocenters. The van der Waals surface area contributed by atoms with Gasteiger partial charge in [0.05, 0.1) is 14.2 Å². The Bertz CT molecular complexity index is 1010. The molecule has 0 aliphatic carbocycles. The summed E-state index contributed by atoms with van der Waals surface area (Å²) in [6.45, 7) is 4.14. The van der Waals surface area contributed by atoms with Gasteiger partial charge in [0, 0.05) is 11.3 Å². The Kier molecular flexibility index (Phi) is 5.84. The molecule has 146 valence electrons. The third-order valence-electron chi connectivity index (χ3n) is 4.48. The molecule has 0 aliphatic rings. The number of nitrogens with zero attached hydrogens (tertiary/aromatic N) is 1. The maximum Gasteiger partial charge on any atom is 0.206 e. The van der Waals surface area contributed by atoms with Gasteiger partial charge in [-0.05, 0) is 42.7 Å². The Morgan fingerprint density at radius 1 is 1.18 bits per heavy atom. The summed E-state index contributed by atoms with van der Waals surface area (Å²) in [6.07, 6.45) is 0.891. The highest BCUT2D eigenvalue weighted by molar-refractivity contribution is 7.18. The van der Waals surface area contributed by atoms with Crippen LogP contribution in [0.4, 0.5) is 16.6 Å². The molecule has 0 saturated heterocycles. The summed E-state index contributed by atoms with van der Waals surface area (Å²) >= 11 is 1.24. The van der Waals surface area contributed by atoms with Crippen LogP contribution in [0.1, 0.15) is 33.3 Å². The van der Waals surface area contributed by atoms with Crippen LogP contribution in [0.3, 0.4) is 0 Å². The molecule has 2 aromatic carbocycles. The first-order valence-corrected chi connectivity index (χ1v) is 9.68. The molecule has 28 heavy (non-hydrogen) atoms. The molecule has 3 aromatic rings. The van der Waals surface area contributed by atoms with Gasteiger partial charge in [0.25, 0.3) is 0 Å². The number of ether oxygens (including phenoxy) is 2. The van der Waals surface area contributed by atoms with Crippen molar-refractivity contribution in [2.75, 3.05) is 25.3 Å². The van der Waals surface area contributed by atoms with Crippen molar-refractivity contribution in [2.45, 2.75) is 20.3 Å². The third kappa shape index (κ3) is 3.80. The number of hydrogen-bond acceptors (Lipinski definition) is 7. The second kappa shape index (κ2) is 8.31. The van der Waals surface area contributed by atoms with E-state index < -0.39 is 0 Å². The number of nitrogens with one attached hydrogen (secondary N) is 1. The lowest BCUT2D eigenvalue weighted by molar-refractivity contribution is 0.104. The predicted molar refractivity (Wildman–Crippen MR) is 113 cm³/mol. The lowest BCUT2D eigenvalue weighted by Gasteiger charge is -2.11. The van der Waals surface area contributed by atoms with Crippen molar-refractivity contribution < 1.29 is 14.3 Å². The predicted octanol–water partition coefficient (Wildman–Crippen LogP) is 4.59. The molecular formula is C21H23N3O3S. The van der Waals surface area contributed by atoms with Crippen molar-refractivity contribution in [2.24, 2.45) is 0 Å². The summed E-state index contributed by atoms with van der Waals surface area (Å²) in [5.74, 6) is 1.05. The number of carbonyl (C=O) groups excluding carboxylic acids is 1. The summed E-state index contributed by atoms with van der Waals surface area (Å²) in [5, 5.41) is 3.92. The maximum atomic E-state index is 13.0. The van der Waals surface area contributed by atoms with Crippen LogP contribution in [0.15, 0.2) is 36.4 Å². The van der Waals surface area contributed by atoms with Gasteiger partial charge in [-0.25, -0.2) is 4.98 Å². The Hall–Kier alpha value is -3.06. The number of methoxy groups -OCH3 is 2. The number of ketones is 1. The largest absolute Gasteiger partial charge is 0.493 e. The number of hydrogen-bond donors (Lipinski definition) is 2. The molecule has 7 heteroatoms. The van der Waals surface area contributed by atoms with Crippen molar-refractivity contribution in [3.63, 3.8) is 0 Å². The van der Waals surface area contributed by atoms with E-state index in [1.54, 1.807) is 25.3 Å². The number of carbonyl (C=O) groups is 1. The smallest absolute Gasteiger partial charge is 0.206 e. The standard InChI is InChI=1S/C21H23N3O3S/c1-5-13-8-6-7-12(2)17(13)23-21-24-20(22)19(28-21)18(25)14-9-10-15(26-3)16(11-14)27-4/h6-11H,5,22H2,1-4H3,(H,23,24). The molecule has 0 atom stereocenters. The first-order valence-electron chi connectivity index (χ1n) is 8.87. The normalized spacial score (nSPS) is 10.6. The number of thiazole rings is 1. The van der Waals surface area contributed by atoms with Gasteiger partial charge in [-0.15, -0.1) is 0 Å². The fourth-order valence-corrected chi connectivity index (χ4v) is 3.82. The number of nitrogen functional groups attached to an aromatic ring is 1. The molecule has 3 rings (SSSR count). The first-order chi connectivity index (χ1) is 13.5. The van der Waals surface area contributed by atoms with Gasteiger partial charge < -0.3 is 20.5 Å². The number of para-hydroxylation sites is 1. The SMILES string of the molecule is CCc1cccc(C)c1Nc1nc(N)c(C(=O)c2ccc(OC)c(OC)c2)s1. The zero-order valence-electron chi connectivity index (χ0n) is 16.3. The van der Waals surface area contributed by atoms with Crippen molar-refractivity contribution >= 4 is 33.8 Å². The van der Waals surface area contributed by atoms with Crippen molar-refractivity contribution in [1.29, 1.82) is 0 Å². The van der Waals surface area contributed by atoms with Crippen LogP contribution < -0.4 is 20.5 Å². The Labute approximate surface area is 168 Å². The van der Waals surface area contributed by atoms with E-state index in [9.17, 15) is 4.79 Å². The first kappa shape index (κ1) is 19.7. The second-order valence-electron chi connectivity index (χ2n) is 6.22. The highest BCUT2D eigenvalue weighted by Gasteiger charge is 2.20. The summed E-state index contributed by atoms with van der Waals surface area (Å²) in [5.41, 5.74) is 9.81. The number of aryl methyl sites for hydroxylation is 2. The zero-order valence-corrected chi connectivity index (χ0v) is 17.1. The number of rotatable bonds is 7. The minimum atomic E-state index is -0.204. The van der Waals surface area contributed by atoms with E-state index in [-0.39, 0.29) is 11.6 Å². The van der Waals surface area contributed by atoms with Crippen molar-refractivity contribution in [1.82, 2.24) is 4.98 Å². The highest BCUT2D eigenvalue weighted by Crippen LogP contribution is 2.34. The van der Waals surface area contributed by atoms with E-state index in [1.807, 2.05) is 19.1 Å². The lowest BCUT2D eigenvalue weighted by Crippen LogP contribution is -2.03. The molecule has 0 bridgehead atoms. The van der Waals surface area contributed by atoms with Gasteiger partial charge in [-0.2, -0.15) is 0 Å². The Morgan fingerprint density at radius 2 is 1.93 bits per heavy atom. The average Bonchev–Trinajstić information content (AvgIpc) is 3.08. The summed E-state index contributed by atoms with van der Waals surface area (Å²) < 4.78 is 10.5. The molecule has 0 aliphatic heterocycles. The van der Waals surface area contributed by atoms with Crippen LogP contribution in [0.25, 0.3) is 0 Å². The van der Waals surface area contributed by atoms with Gasteiger partial charge in [0.2, 0.25) is 5.78 Å². The third-order valence-corrected chi connectivity index (χ3v) is 5.46. The van der Waals surface area contributed by atoms with Gasteiger partial charge in [0.1, 0.15) is 10.7 Å². The molecule has 3 N–H and O–H groups in total. The molecule has 1 heterocycles. The number of benzene rings is 2. The van der Waals surface area contributed by atoms with E-state index in [2.05, 4.69) is 23.3 Å². The van der Waals surface area contributed by atoms with Crippen LogP contribution in [-0.4, -0.2) is 25.0 Å². The summed E-state index contributed by atoms with van der Waals surface area (Å²) in [7, 11) is 3.08. The van der Waals surface area contributed by atoms with E-state index in [0.29, 0.717) is 27.1 Å². The van der Waals surface area contributed by atoms with E-state index in [0.717, 1.165) is 17.7 Å². The molecule has 0 spiro atoms. The number of anilines is 3. The molecule has 6 nitrogen and oxygen atoms in total. The van der Waals surface area contributed by atoms with Gasteiger partial charge in [0.15, 0.2) is 16.6 Å². The Morgan fingerprint density at radius 3 is 2.61 bits per heavy atom. The maximum absolute atomic E-state index is 13.0. The molecular weight excluding hydrogens is 374 g/mol.